The van der Waals surface area contributed by atoms with E-state index in [4.69, 9.17) is 0 Å². The SMILES string of the molecule is CCCn1ncc(O)c1-c1ccccc1. The molecule has 0 aliphatic heterocycles. The average molecular weight is 202 g/mol. The molecule has 0 saturated heterocycles. The van der Waals surface area contributed by atoms with Gasteiger partial charge in [0.2, 0.25) is 0 Å². The predicted octanol–water partition coefficient (Wildman–Crippen LogP) is 2.67. The molecular formula is C12H14N2O. The zero-order chi connectivity index (χ0) is 10.7. The van der Waals surface area contributed by atoms with Gasteiger partial charge in [0.05, 0.1) is 6.20 Å². The Balaban J connectivity index is 2.47. The Morgan fingerprint density at radius 1 is 1.27 bits per heavy atom. The van der Waals surface area contributed by atoms with Crippen LogP contribution in [0.25, 0.3) is 11.3 Å². The van der Waals surface area contributed by atoms with Gasteiger partial charge in [-0.15, -0.1) is 0 Å². The fourth-order valence-corrected chi connectivity index (χ4v) is 1.65. The molecule has 0 aliphatic rings. The summed E-state index contributed by atoms with van der Waals surface area (Å²) in [5, 5.41) is 13.9. The van der Waals surface area contributed by atoms with Crippen LogP contribution in [-0.2, 0) is 6.54 Å². The molecule has 78 valence electrons. The lowest BCUT2D eigenvalue weighted by atomic mass is 10.1. The first-order chi connectivity index (χ1) is 7.33. The minimum atomic E-state index is 0.245. The average Bonchev–Trinajstić information content (AvgIpc) is 2.62. The molecule has 15 heavy (non-hydrogen) atoms. The molecule has 0 radical (unpaired) electrons. The van der Waals surface area contributed by atoms with E-state index in [9.17, 15) is 5.11 Å². The van der Waals surface area contributed by atoms with Crippen LogP contribution in [0.2, 0.25) is 0 Å². The van der Waals surface area contributed by atoms with Crippen LogP contribution in [0.15, 0.2) is 36.5 Å². The number of aryl methyl sites for hydroxylation is 1. The molecule has 0 amide bonds. The van der Waals surface area contributed by atoms with Crippen molar-refractivity contribution in [1.29, 1.82) is 0 Å². The molecule has 0 saturated carbocycles. The van der Waals surface area contributed by atoms with E-state index >= 15 is 0 Å². The van der Waals surface area contributed by atoms with E-state index < -0.39 is 0 Å². The highest BCUT2D eigenvalue weighted by Crippen LogP contribution is 2.28. The molecule has 0 fully saturated rings. The summed E-state index contributed by atoms with van der Waals surface area (Å²) < 4.78 is 1.84. The van der Waals surface area contributed by atoms with Gasteiger partial charge in [-0.05, 0) is 6.42 Å². The summed E-state index contributed by atoms with van der Waals surface area (Å²) in [7, 11) is 0. The van der Waals surface area contributed by atoms with Gasteiger partial charge in [0.1, 0.15) is 5.69 Å². The Morgan fingerprint density at radius 2 is 2.00 bits per heavy atom. The minimum Gasteiger partial charge on any atom is -0.504 e. The van der Waals surface area contributed by atoms with Gasteiger partial charge >= 0.3 is 0 Å². The molecule has 1 aromatic heterocycles. The van der Waals surface area contributed by atoms with E-state index in [0.717, 1.165) is 24.2 Å². The first-order valence-corrected chi connectivity index (χ1v) is 5.13. The quantitative estimate of drug-likeness (QED) is 0.830. The van der Waals surface area contributed by atoms with Crippen molar-refractivity contribution in [2.45, 2.75) is 19.9 Å². The van der Waals surface area contributed by atoms with Crippen LogP contribution in [0, 0.1) is 0 Å². The maximum absolute atomic E-state index is 9.73. The second kappa shape index (κ2) is 4.17. The van der Waals surface area contributed by atoms with Crippen molar-refractivity contribution in [3.05, 3.63) is 36.5 Å². The van der Waals surface area contributed by atoms with Gasteiger partial charge in [0, 0.05) is 12.1 Å². The Labute approximate surface area is 89.0 Å². The molecule has 0 spiro atoms. The van der Waals surface area contributed by atoms with Crippen molar-refractivity contribution in [1.82, 2.24) is 9.78 Å². The molecule has 0 atom stereocenters. The van der Waals surface area contributed by atoms with E-state index in [1.165, 1.54) is 6.20 Å². The summed E-state index contributed by atoms with van der Waals surface area (Å²) >= 11 is 0. The molecule has 2 aromatic rings. The molecule has 0 unspecified atom stereocenters. The number of benzene rings is 1. The minimum absolute atomic E-state index is 0.245. The van der Waals surface area contributed by atoms with Gasteiger partial charge in [-0.25, -0.2) is 0 Å². The third kappa shape index (κ3) is 1.86. The van der Waals surface area contributed by atoms with Gasteiger partial charge in [-0.1, -0.05) is 37.3 Å². The van der Waals surface area contributed by atoms with Crippen LogP contribution < -0.4 is 0 Å². The highest BCUT2D eigenvalue weighted by atomic mass is 16.3. The van der Waals surface area contributed by atoms with E-state index in [2.05, 4.69) is 12.0 Å². The lowest BCUT2D eigenvalue weighted by Crippen LogP contribution is -2.00. The zero-order valence-corrected chi connectivity index (χ0v) is 8.72. The van der Waals surface area contributed by atoms with Gasteiger partial charge in [-0.3, -0.25) is 4.68 Å². The third-order valence-corrected chi connectivity index (χ3v) is 2.30. The lowest BCUT2D eigenvalue weighted by Gasteiger charge is -2.06. The van der Waals surface area contributed by atoms with Crippen molar-refractivity contribution < 1.29 is 5.11 Å². The molecule has 1 heterocycles. The number of nitrogens with zero attached hydrogens (tertiary/aromatic N) is 2. The smallest absolute Gasteiger partial charge is 0.161 e. The standard InChI is InChI=1S/C12H14N2O/c1-2-8-14-12(11(15)9-13-14)10-6-4-3-5-7-10/h3-7,9,15H,2,8H2,1H3. The highest BCUT2D eigenvalue weighted by molar-refractivity contribution is 5.65. The van der Waals surface area contributed by atoms with Crippen molar-refractivity contribution in [3.63, 3.8) is 0 Å². The number of aromatic nitrogens is 2. The van der Waals surface area contributed by atoms with Gasteiger partial charge in [0.15, 0.2) is 5.75 Å². The zero-order valence-electron chi connectivity index (χ0n) is 8.72. The van der Waals surface area contributed by atoms with Gasteiger partial charge in [-0.2, -0.15) is 5.10 Å². The molecule has 1 aromatic carbocycles. The van der Waals surface area contributed by atoms with Crippen molar-refractivity contribution in [2.75, 3.05) is 0 Å². The first kappa shape index (κ1) is 9.77. The normalized spacial score (nSPS) is 10.5. The molecule has 1 N–H and O–H groups in total. The van der Waals surface area contributed by atoms with Gasteiger partial charge in [0.25, 0.3) is 0 Å². The van der Waals surface area contributed by atoms with Gasteiger partial charge < -0.3 is 5.11 Å². The second-order valence-corrected chi connectivity index (χ2v) is 3.47. The first-order valence-electron chi connectivity index (χ1n) is 5.13. The summed E-state index contributed by atoms with van der Waals surface area (Å²) in [5.74, 6) is 0.245. The fourth-order valence-electron chi connectivity index (χ4n) is 1.65. The largest absolute Gasteiger partial charge is 0.504 e. The monoisotopic (exact) mass is 202 g/mol. The van der Waals surface area contributed by atoms with Crippen LogP contribution in [0.5, 0.6) is 5.75 Å². The molecule has 0 aliphatic carbocycles. The van der Waals surface area contributed by atoms with Crippen LogP contribution in [-0.4, -0.2) is 14.9 Å². The predicted molar refractivity (Wildman–Crippen MR) is 59.6 cm³/mol. The van der Waals surface area contributed by atoms with Crippen molar-refractivity contribution in [3.8, 4) is 17.0 Å². The Morgan fingerprint density at radius 3 is 2.67 bits per heavy atom. The molecule has 0 bridgehead atoms. The summed E-state index contributed by atoms with van der Waals surface area (Å²) in [5.41, 5.74) is 1.80. The second-order valence-electron chi connectivity index (χ2n) is 3.47. The number of aromatic hydroxyl groups is 1. The maximum atomic E-state index is 9.73. The van der Waals surface area contributed by atoms with Crippen molar-refractivity contribution >= 4 is 0 Å². The highest BCUT2D eigenvalue weighted by Gasteiger charge is 2.10. The Bertz CT molecular complexity index is 434. The summed E-state index contributed by atoms with van der Waals surface area (Å²) in [6.07, 6.45) is 2.50. The Hall–Kier alpha value is -1.77. The van der Waals surface area contributed by atoms with E-state index in [-0.39, 0.29) is 5.75 Å². The maximum Gasteiger partial charge on any atom is 0.161 e. The number of hydrogen-bond acceptors (Lipinski definition) is 2. The third-order valence-electron chi connectivity index (χ3n) is 2.30. The van der Waals surface area contributed by atoms with E-state index in [1.54, 1.807) is 0 Å². The summed E-state index contributed by atoms with van der Waals surface area (Å²) in [4.78, 5) is 0. The molecule has 2 rings (SSSR count). The number of rotatable bonds is 3. The van der Waals surface area contributed by atoms with Crippen molar-refractivity contribution in [2.24, 2.45) is 0 Å². The topological polar surface area (TPSA) is 38.0 Å². The molecule has 3 nitrogen and oxygen atoms in total. The lowest BCUT2D eigenvalue weighted by molar-refractivity contribution is 0.476. The number of hydrogen-bond donors (Lipinski definition) is 1. The van der Waals surface area contributed by atoms with E-state index in [0.29, 0.717) is 0 Å². The van der Waals surface area contributed by atoms with Crippen LogP contribution in [0.4, 0.5) is 0 Å². The molecule has 3 heteroatoms. The van der Waals surface area contributed by atoms with Crippen LogP contribution in [0.3, 0.4) is 0 Å². The van der Waals surface area contributed by atoms with Crippen LogP contribution in [0.1, 0.15) is 13.3 Å². The van der Waals surface area contributed by atoms with E-state index in [1.807, 2.05) is 35.0 Å². The van der Waals surface area contributed by atoms with Crippen LogP contribution >= 0.6 is 0 Å². The molecular weight excluding hydrogens is 188 g/mol. The Kier molecular flexibility index (Phi) is 2.72. The summed E-state index contributed by atoms with van der Waals surface area (Å²) in [6, 6.07) is 9.82. The summed E-state index contributed by atoms with van der Waals surface area (Å²) in [6.45, 7) is 2.91. The fraction of sp³-hybridized carbons (Fsp3) is 0.250.